The molecule has 0 aromatic carbocycles. The highest BCUT2D eigenvalue weighted by molar-refractivity contribution is 5.91. The quantitative estimate of drug-likeness (QED) is 0.837. The number of aromatic nitrogens is 2. The van der Waals surface area contributed by atoms with Gasteiger partial charge in [-0.2, -0.15) is 0 Å². The Kier molecular flexibility index (Phi) is 3.94. The molecule has 2 saturated heterocycles. The van der Waals surface area contributed by atoms with Gasteiger partial charge in [0.05, 0.1) is 6.26 Å². The number of halogens is 1. The highest BCUT2D eigenvalue weighted by Gasteiger charge is 2.50. The van der Waals surface area contributed by atoms with E-state index in [0.717, 1.165) is 5.56 Å². The second-order valence-corrected chi connectivity index (χ2v) is 7.05. The van der Waals surface area contributed by atoms with E-state index in [2.05, 4.69) is 9.97 Å². The summed E-state index contributed by atoms with van der Waals surface area (Å²) in [5.41, 5.74) is 0.435. The minimum absolute atomic E-state index is 0.169. The topological polar surface area (TPSA) is 62.5 Å². The van der Waals surface area contributed by atoms with Crippen molar-refractivity contribution < 1.29 is 13.6 Å². The molecule has 1 amide bonds. The van der Waals surface area contributed by atoms with Crippen molar-refractivity contribution in [2.75, 3.05) is 31.1 Å². The standard InChI is InChI=1S/C18H21FN4O2/c1-13-9-20-17(21-10-13)23-6-4-15(19)18(12-23)5-7-22(11-18)16(24)14-3-2-8-25-14/h2-3,8-10,15H,4-7,11-12H2,1H3/t15-,18-/m1/s1. The Hall–Kier alpha value is -2.44. The van der Waals surface area contributed by atoms with Crippen LogP contribution >= 0.6 is 0 Å². The van der Waals surface area contributed by atoms with Crippen LogP contribution in [0.2, 0.25) is 0 Å². The van der Waals surface area contributed by atoms with Crippen molar-refractivity contribution >= 4 is 11.9 Å². The largest absolute Gasteiger partial charge is 0.459 e. The summed E-state index contributed by atoms with van der Waals surface area (Å²) in [5, 5.41) is 0. The summed E-state index contributed by atoms with van der Waals surface area (Å²) in [7, 11) is 0. The normalized spacial score (nSPS) is 26.4. The average Bonchev–Trinajstić information content (AvgIpc) is 3.29. The Morgan fingerprint density at radius 2 is 2.12 bits per heavy atom. The molecule has 0 aliphatic carbocycles. The molecular formula is C18H21FN4O2. The van der Waals surface area contributed by atoms with Crippen LogP contribution in [0.5, 0.6) is 0 Å². The Labute approximate surface area is 145 Å². The van der Waals surface area contributed by atoms with Gasteiger partial charge in [-0.25, -0.2) is 14.4 Å². The third-order valence-electron chi connectivity index (χ3n) is 5.28. The van der Waals surface area contributed by atoms with E-state index in [1.165, 1.54) is 6.26 Å². The summed E-state index contributed by atoms with van der Waals surface area (Å²) in [6.45, 7) is 4.00. The molecule has 0 radical (unpaired) electrons. The summed E-state index contributed by atoms with van der Waals surface area (Å²) in [6.07, 6.45) is 5.18. The molecule has 6 nitrogen and oxygen atoms in total. The second-order valence-electron chi connectivity index (χ2n) is 7.05. The van der Waals surface area contributed by atoms with Gasteiger partial charge in [0, 0.05) is 44.0 Å². The lowest BCUT2D eigenvalue weighted by Crippen LogP contribution is -2.52. The first-order valence-corrected chi connectivity index (χ1v) is 8.58. The monoisotopic (exact) mass is 344 g/mol. The van der Waals surface area contributed by atoms with Crippen LogP contribution in [0, 0.1) is 12.3 Å². The number of amides is 1. The first-order valence-electron chi connectivity index (χ1n) is 8.58. The number of carbonyl (C=O) groups is 1. The Bertz CT molecular complexity index is 749. The molecular weight excluding hydrogens is 323 g/mol. The minimum Gasteiger partial charge on any atom is -0.459 e. The molecule has 4 rings (SSSR count). The number of hydrogen-bond acceptors (Lipinski definition) is 5. The van der Waals surface area contributed by atoms with E-state index >= 15 is 0 Å². The molecule has 132 valence electrons. The molecule has 2 fully saturated rings. The van der Waals surface area contributed by atoms with E-state index in [1.54, 1.807) is 29.4 Å². The van der Waals surface area contributed by atoms with Crippen molar-refractivity contribution in [1.29, 1.82) is 0 Å². The molecule has 4 heterocycles. The van der Waals surface area contributed by atoms with Gasteiger partial charge in [0.15, 0.2) is 5.76 Å². The summed E-state index contributed by atoms with van der Waals surface area (Å²) >= 11 is 0. The molecule has 0 unspecified atom stereocenters. The number of rotatable bonds is 2. The summed E-state index contributed by atoms with van der Waals surface area (Å²) in [5.74, 6) is 0.771. The molecule has 0 saturated carbocycles. The van der Waals surface area contributed by atoms with Gasteiger partial charge in [-0.05, 0) is 37.5 Å². The van der Waals surface area contributed by atoms with E-state index < -0.39 is 11.6 Å². The zero-order chi connectivity index (χ0) is 17.4. The fourth-order valence-corrected chi connectivity index (χ4v) is 3.86. The van der Waals surface area contributed by atoms with Crippen molar-refractivity contribution in [3.8, 4) is 0 Å². The van der Waals surface area contributed by atoms with Crippen LogP contribution in [0.3, 0.4) is 0 Å². The van der Waals surface area contributed by atoms with E-state index in [1.807, 2.05) is 11.8 Å². The number of anilines is 1. The van der Waals surface area contributed by atoms with Crippen LogP contribution in [-0.4, -0.2) is 53.1 Å². The lowest BCUT2D eigenvalue weighted by atomic mass is 9.77. The van der Waals surface area contributed by atoms with Gasteiger partial charge in [-0.1, -0.05) is 0 Å². The number of piperidine rings is 1. The number of nitrogens with zero attached hydrogens (tertiary/aromatic N) is 4. The predicted molar refractivity (Wildman–Crippen MR) is 90.2 cm³/mol. The van der Waals surface area contributed by atoms with Crippen LogP contribution in [0.25, 0.3) is 0 Å². The van der Waals surface area contributed by atoms with Gasteiger partial charge in [0.25, 0.3) is 5.91 Å². The number of aryl methyl sites for hydroxylation is 1. The molecule has 2 aromatic rings. The lowest BCUT2D eigenvalue weighted by molar-refractivity contribution is 0.0644. The molecule has 2 atom stereocenters. The molecule has 25 heavy (non-hydrogen) atoms. The van der Waals surface area contributed by atoms with Crippen LogP contribution < -0.4 is 4.90 Å². The summed E-state index contributed by atoms with van der Waals surface area (Å²) in [4.78, 5) is 25.0. The number of carbonyl (C=O) groups excluding carboxylic acids is 1. The third-order valence-corrected chi connectivity index (χ3v) is 5.28. The van der Waals surface area contributed by atoms with Gasteiger partial charge in [-0.15, -0.1) is 0 Å². The third kappa shape index (κ3) is 2.88. The number of alkyl halides is 1. The zero-order valence-electron chi connectivity index (χ0n) is 14.2. The van der Waals surface area contributed by atoms with Crippen LogP contribution in [0.4, 0.5) is 10.3 Å². The molecule has 0 bridgehead atoms. The summed E-state index contributed by atoms with van der Waals surface area (Å²) < 4.78 is 20.0. The predicted octanol–water partition coefficient (Wildman–Crippen LogP) is 2.46. The number of furan rings is 1. The maximum absolute atomic E-state index is 14.8. The second kappa shape index (κ2) is 6.13. The molecule has 0 N–H and O–H groups in total. The Balaban J connectivity index is 1.52. The first-order chi connectivity index (χ1) is 12.1. The highest BCUT2D eigenvalue weighted by Crippen LogP contribution is 2.42. The van der Waals surface area contributed by atoms with Gasteiger partial charge < -0.3 is 14.2 Å². The van der Waals surface area contributed by atoms with E-state index in [9.17, 15) is 9.18 Å². The zero-order valence-corrected chi connectivity index (χ0v) is 14.2. The smallest absolute Gasteiger partial charge is 0.289 e. The minimum atomic E-state index is -0.927. The van der Waals surface area contributed by atoms with Gasteiger partial charge in [0.2, 0.25) is 5.95 Å². The fraction of sp³-hybridized carbons (Fsp3) is 0.500. The molecule has 2 aliphatic rings. The molecule has 2 aromatic heterocycles. The Morgan fingerprint density at radius 1 is 1.32 bits per heavy atom. The van der Waals surface area contributed by atoms with Crippen molar-refractivity contribution in [2.24, 2.45) is 5.41 Å². The van der Waals surface area contributed by atoms with E-state index in [4.69, 9.17) is 4.42 Å². The summed E-state index contributed by atoms with van der Waals surface area (Å²) in [6, 6.07) is 3.33. The van der Waals surface area contributed by atoms with Crippen molar-refractivity contribution in [2.45, 2.75) is 25.9 Å². The van der Waals surface area contributed by atoms with E-state index in [0.29, 0.717) is 50.7 Å². The fourth-order valence-electron chi connectivity index (χ4n) is 3.86. The van der Waals surface area contributed by atoms with E-state index in [-0.39, 0.29) is 5.91 Å². The highest BCUT2D eigenvalue weighted by atomic mass is 19.1. The molecule has 2 aliphatic heterocycles. The van der Waals surface area contributed by atoms with Crippen molar-refractivity contribution in [1.82, 2.24) is 14.9 Å². The average molecular weight is 344 g/mol. The maximum atomic E-state index is 14.8. The van der Waals surface area contributed by atoms with Gasteiger partial charge in [-0.3, -0.25) is 4.79 Å². The Morgan fingerprint density at radius 3 is 2.84 bits per heavy atom. The van der Waals surface area contributed by atoms with Crippen molar-refractivity contribution in [3.63, 3.8) is 0 Å². The SMILES string of the molecule is Cc1cnc(N2CC[C@@H](F)[C@@]3(CCN(C(=O)c4ccco4)C3)C2)nc1. The van der Waals surface area contributed by atoms with Gasteiger partial charge >= 0.3 is 0 Å². The number of hydrogen-bond donors (Lipinski definition) is 0. The van der Waals surface area contributed by atoms with Gasteiger partial charge in [0.1, 0.15) is 6.17 Å². The van der Waals surface area contributed by atoms with Crippen LogP contribution in [0.1, 0.15) is 29.0 Å². The maximum Gasteiger partial charge on any atom is 0.289 e. The lowest BCUT2D eigenvalue weighted by Gasteiger charge is -2.42. The molecule has 7 heteroatoms. The first kappa shape index (κ1) is 16.1. The van der Waals surface area contributed by atoms with Crippen molar-refractivity contribution in [3.05, 3.63) is 42.1 Å². The molecule has 1 spiro atoms. The van der Waals surface area contributed by atoms with Crippen LogP contribution in [0.15, 0.2) is 35.2 Å². The van der Waals surface area contributed by atoms with Crippen LogP contribution in [-0.2, 0) is 0 Å². The number of likely N-dealkylation sites (tertiary alicyclic amines) is 1.